The molecule has 0 saturated carbocycles. The van der Waals surface area contributed by atoms with E-state index in [2.05, 4.69) is 4.72 Å². The zero-order chi connectivity index (χ0) is 14.9. The average Bonchev–Trinajstić information content (AvgIpc) is 2.95. The van der Waals surface area contributed by atoms with Crippen LogP contribution in [0, 0.1) is 6.92 Å². The second-order valence-corrected chi connectivity index (χ2v) is 9.14. The van der Waals surface area contributed by atoms with Crippen LogP contribution in [-0.2, 0) is 16.6 Å². The molecule has 0 radical (unpaired) electrons. The van der Waals surface area contributed by atoms with Crippen LogP contribution in [-0.4, -0.2) is 13.5 Å². The van der Waals surface area contributed by atoms with E-state index in [0.29, 0.717) is 9.21 Å². The summed E-state index contributed by atoms with van der Waals surface area (Å²) in [6.07, 6.45) is 0. The third kappa shape index (κ3) is 3.41. The molecule has 20 heavy (non-hydrogen) atoms. The Bertz CT molecular complexity index is 705. The van der Waals surface area contributed by atoms with Crippen molar-refractivity contribution in [1.82, 2.24) is 4.72 Å². The second-order valence-electron chi connectivity index (χ2n) is 4.31. The van der Waals surface area contributed by atoms with Crippen molar-refractivity contribution in [3.05, 3.63) is 37.9 Å². The van der Waals surface area contributed by atoms with Crippen molar-refractivity contribution in [1.29, 1.82) is 0 Å². The number of hydrogen-bond acceptors (Lipinski definition) is 5. The Balaban J connectivity index is 2.22. The maximum atomic E-state index is 12.3. The van der Waals surface area contributed by atoms with Crippen LogP contribution < -0.4 is 4.72 Å². The van der Waals surface area contributed by atoms with Gasteiger partial charge in [-0.25, -0.2) is 13.1 Å². The molecule has 0 spiro atoms. The standard InChI is InChI=1S/C12H14ClNO3S3/c1-7-5-12(19-10(7)6-15)20(16,17)14-8(2)9-3-4-11(13)18-9/h3-5,8,14-15H,6H2,1-2H3. The smallest absolute Gasteiger partial charge is 0.250 e. The van der Waals surface area contributed by atoms with Gasteiger partial charge in [0, 0.05) is 9.75 Å². The molecule has 0 fully saturated rings. The van der Waals surface area contributed by atoms with Gasteiger partial charge in [-0.15, -0.1) is 22.7 Å². The zero-order valence-electron chi connectivity index (χ0n) is 10.9. The Morgan fingerprint density at radius 1 is 1.40 bits per heavy atom. The Hall–Kier alpha value is -0.440. The van der Waals surface area contributed by atoms with E-state index in [1.807, 2.05) is 0 Å². The molecule has 1 atom stereocenters. The fourth-order valence-corrected chi connectivity index (χ4v) is 5.51. The van der Waals surface area contributed by atoms with Gasteiger partial charge in [-0.05, 0) is 37.6 Å². The number of hydrogen-bond donors (Lipinski definition) is 2. The Morgan fingerprint density at radius 2 is 2.10 bits per heavy atom. The summed E-state index contributed by atoms with van der Waals surface area (Å²) in [7, 11) is -3.59. The van der Waals surface area contributed by atoms with E-state index in [-0.39, 0.29) is 16.9 Å². The van der Waals surface area contributed by atoms with Crippen molar-refractivity contribution in [3.8, 4) is 0 Å². The number of aliphatic hydroxyl groups excluding tert-OH is 1. The van der Waals surface area contributed by atoms with E-state index >= 15 is 0 Å². The lowest BCUT2D eigenvalue weighted by Crippen LogP contribution is -2.25. The summed E-state index contributed by atoms with van der Waals surface area (Å²) in [5.41, 5.74) is 0.782. The molecule has 0 aliphatic heterocycles. The van der Waals surface area contributed by atoms with Crippen molar-refractivity contribution in [2.24, 2.45) is 0 Å². The maximum absolute atomic E-state index is 12.3. The molecule has 110 valence electrons. The van der Waals surface area contributed by atoms with Crippen LogP contribution in [0.1, 0.15) is 28.3 Å². The first-order valence-corrected chi connectivity index (χ1v) is 9.30. The summed E-state index contributed by atoms with van der Waals surface area (Å²) in [6.45, 7) is 3.40. The largest absolute Gasteiger partial charge is 0.391 e. The van der Waals surface area contributed by atoms with E-state index in [4.69, 9.17) is 16.7 Å². The second kappa shape index (κ2) is 6.13. The van der Waals surface area contributed by atoms with Crippen molar-refractivity contribution in [3.63, 3.8) is 0 Å². The first-order chi connectivity index (χ1) is 9.33. The van der Waals surface area contributed by atoms with Crippen LogP contribution >= 0.6 is 34.3 Å². The maximum Gasteiger partial charge on any atom is 0.250 e. The highest BCUT2D eigenvalue weighted by atomic mass is 35.5. The van der Waals surface area contributed by atoms with Crippen LogP contribution in [0.15, 0.2) is 22.4 Å². The Labute approximate surface area is 131 Å². The molecule has 2 rings (SSSR count). The first kappa shape index (κ1) is 15.9. The average molecular weight is 352 g/mol. The van der Waals surface area contributed by atoms with Gasteiger partial charge in [0.1, 0.15) is 4.21 Å². The minimum atomic E-state index is -3.59. The number of thiophene rings is 2. The van der Waals surface area contributed by atoms with Gasteiger partial charge in [0.05, 0.1) is 17.0 Å². The highest BCUT2D eigenvalue weighted by molar-refractivity contribution is 7.91. The number of halogens is 1. The van der Waals surface area contributed by atoms with E-state index in [1.54, 1.807) is 32.0 Å². The summed E-state index contributed by atoms with van der Waals surface area (Å²) in [4.78, 5) is 1.52. The van der Waals surface area contributed by atoms with Crippen LogP contribution in [0.5, 0.6) is 0 Å². The van der Waals surface area contributed by atoms with E-state index in [1.165, 1.54) is 11.3 Å². The molecule has 0 saturated heterocycles. The number of nitrogens with one attached hydrogen (secondary N) is 1. The number of aliphatic hydroxyl groups is 1. The van der Waals surface area contributed by atoms with Gasteiger partial charge in [-0.1, -0.05) is 11.6 Å². The molecule has 0 aliphatic rings. The third-order valence-corrected chi connectivity index (χ3v) is 7.41. The normalized spacial score (nSPS) is 13.6. The van der Waals surface area contributed by atoms with Gasteiger partial charge in [-0.3, -0.25) is 0 Å². The molecule has 2 aromatic rings. The van der Waals surface area contributed by atoms with Gasteiger partial charge >= 0.3 is 0 Å². The number of aryl methyl sites for hydroxylation is 1. The summed E-state index contributed by atoms with van der Waals surface area (Å²) in [5.74, 6) is 0. The summed E-state index contributed by atoms with van der Waals surface area (Å²) in [5, 5.41) is 9.14. The Kier molecular flexibility index (Phi) is 4.88. The molecule has 1 unspecified atom stereocenters. The lowest BCUT2D eigenvalue weighted by Gasteiger charge is -2.11. The van der Waals surface area contributed by atoms with Gasteiger partial charge in [0.15, 0.2) is 0 Å². The van der Waals surface area contributed by atoms with Crippen molar-refractivity contribution >= 4 is 44.3 Å². The third-order valence-electron chi connectivity index (χ3n) is 2.76. The predicted octanol–water partition coefficient (Wildman–Crippen LogP) is 3.30. The zero-order valence-corrected chi connectivity index (χ0v) is 14.1. The van der Waals surface area contributed by atoms with E-state index in [0.717, 1.165) is 21.8 Å². The molecule has 8 heteroatoms. The van der Waals surface area contributed by atoms with Crippen molar-refractivity contribution in [2.75, 3.05) is 0 Å². The lowest BCUT2D eigenvalue weighted by molar-refractivity contribution is 0.285. The van der Waals surface area contributed by atoms with E-state index < -0.39 is 10.0 Å². The van der Waals surface area contributed by atoms with Crippen molar-refractivity contribution < 1.29 is 13.5 Å². The van der Waals surface area contributed by atoms with Gasteiger partial charge < -0.3 is 5.11 Å². The fraction of sp³-hybridized carbons (Fsp3) is 0.333. The van der Waals surface area contributed by atoms with Gasteiger partial charge in [-0.2, -0.15) is 0 Å². The van der Waals surface area contributed by atoms with Crippen LogP contribution in [0.25, 0.3) is 0 Å². The minimum Gasteiger partial charge on any atom is -0.391 e. The molecule has 2 N–H and O–H groups in total. The molecule has 0 bridgehead atoms. The molecule has 0 aliphatic carbocycles. The van der Waals surface area contributed by atoms with Crippen LogP contribution in [0.2, 0.25) is 4.34 Å². The Morgan fingerprint density at radius 3 is 2.60 bits per heavy atom. The van der Waals surface area contributed by atoms with Crippen LogP contribution in [0.3, 0.4) is 0 Å². The van der Waals surface area contributed by atoms with Crippen molar-refractivity contribution in [2.45, 2.75) is 30.7 Å². The summed E-state index contributed by atoms with van der Waals surface area (Å²) < 4.78 is 28.0. The fourth-order valence-electron chi connectivity index (χ4n) is 1.69. The quantitative estimate of drug-likeness (QED) is 0.868. The summed E-state index contributed by atoms with van der Waals surface area (Å²) in [6, 6.07) is 4.77. The molecule has 0 amide bonds. The molecule has 2 heterocycles. The highest BCUT2D eigenvalue weighted by Gasteiger charge is 2.22. The van der Waals surface area contributed by atoms with Gasteiger partial charge in [0.25, 0.3) is 10.0 Å². The molecule has 2 aromatic heterocycles. The predicted molar refractivity (Wildman–Crippen MR) is 83.0 cm³/mol. The van der Waals surface area contributed by atoms with E-state index in [9.17, 15) is 8.42 Å². The number of sulfonamides is 1. The topological polar surface area (TPSA) is 66.4 Å². The minimum absolute atomic E-state index is 0.151. The number of rotatable bonds is 5. The SMILES string of the molecule is Cc1cc(S(=O)(=O)NC(C)c2ccc(Cl)s2)sc1CO. The lowest BCUT2D eigenvalue weighted by atomic mass is 10.3. The molecule has 4 nitrogen and oxygen atoms in total. The highest BCUT2D eigenvalue weighted by Crippen LogP contribution is 2.30. The summed E-state index contributed by atoms with van der Waals surface area (Å²) >= 11 is 8.28. The monoisotopic (exact) mass is 351 g/mol. The van der Waals surface area contributed by atoms with Gasteiger partial charge in [0.2, 0.25) is 0 Å². The molecule has 0 aromatic carbocycles. The molecular formula is C12H14ClNO3S3. The van der Waals surface area contributed by atoms with Crippen LogP contribution in [0.4, 0.5) is 0 Å². The molecular weight excluding hydrogens is 338 g/mol. The first-order valence-electron chi connectivity index (χ1n) is 5.81.